The number of nitrogens with one attached hydrogen (secondary N) is 1. The normalized spacial score (nSPS) is 15.0. The lowest BCUT2D eigenvalue weighted by Crippen LogP contribution is -2.36. The predicted octanol–water partition coefficient (Wildman–Crippen LogP) is 4.47. The summed E-state index contributed by atoms with van der Waals surface area (Å²) in [5.41, 5.74) is 1.08. The summed E-state index contributed by atoms with van der Waals surface area (Å²) in [5, 5.41) is 3.24. The Morgan fingerprint density at radius 3 is 2.41 bits per heavy atom. The zero-order valence-corrected chi connectivity index (χ0v) is 19.2. The van der Waals surface area contributed by atoms with E-state index >= 15 is 0 Å². The molecule has 1 N–H and O–H groups in total. The quantitative estimate of drug-likeness (QED) is 0.557. The van der Waals surface area contributed by atoms with Crippen LogP contribution in [0.1, 0.15) is 30.0 Å². The maximum Gasteiger partial charge on any atom is 0.244 e. The summed E-state index contributed by atoms with van der Waals surface area (Å²) in [5.74, 6) is 0.922. The third kappa shape index (κ3) is 5.53. The molecule has 1 atom stereocenters. The fourth-order valence-electron chi connectivity index (χ4n) is 3.90. The lowest BCUT2D eigenvalue weighted by Gasteiger charge is -2.29. The Kier molecular flexibility index (Phi) is 8.36. The molecule has 0 radical (unpaired) electrons. The molecule has 2 aromatic carbocycles. The van der Waals surface area contributed by atoms with E-state index in [4.69, 9.17) is 25.8 Å². The van der Waals surface area contributed by atoms with Gasteiger partial charge in [0.05, 0.1) is 27.4 Å². The fourth-order valence-corrected chi connectivity index (χ4v) is 4.19. The van der Waals surface area contributed by atoms with Gasteiger partial charge in [0.1, 0.15) is 11.6 Å². The van der Waals surface area contributed by atoms with Crippen molar-refractivity contribution in [2.45, 2.75) is 18.9 Å². The molecule has 1 unspecified atom stereocenters. The van der Waals surface area contributed by atoms with Crippen molar-refractivity contribution in [3.8, 4) is 17.2 Å². The highest BCUT2D eigenvalue weighted by molar-refractivity contribution is 6.31. The second kappa shape index (κ2) is 11.2. The van der Waals surface area contributed by atoms with Crippen molar-refractivity contribution in [2.75, 3.05) is 41.0 Å². The Morgan fingerprint density at radius 2 is 1.78 bits per heavy atom. The second-order valence-corrected chi connectivity index (χ2v) is 7.83. The molecule has 1 heterocycles. The van der Waals surface area contributed by atoms with Crippen molar-refractivity contribution in [2.24, 2.45) is 0 Å². The number of rotatable bonds is 9. The number of amides is 1. The minimum Gasteiger partial charge on any atom is -0.496 e. The van der Waals surface area contributed by atoms with Crippen molar-refractivity contribution in [3.63, 3.8) is 0 Å². The number of carbonyl (C=O) groups excluding carboxylic acids is 1. The molecule has 172 valence electrons. The van der Waals surface area contributed by atoms with E-state index in [0.717, 1.165) is 25.9 Å². The topological polar surface area (TPSA) is 60.0 Å². The Labute approximate surface area is 192 Å². The molecule has 3 rings (SSSR count). The molecule has 2 aromatic rings. The van der Waals surface area contributed by atoms with Crippen molar-refractivity contribution in [1.82, 2.24) is 10.2 Å². The zero-order chi connectivity index (χ0) is 23.1. The highest BCUT2D eigenvalue weighted by Crippen LogP contribution is 2.35. The molecule has 1 aliphatic heterocycles. The van der Waals surface area contributed by atoms with Gasteiger partial charge in [0.2, 0.25) is 5.91 Å². The van der Waals surface area contributed by atoms with E-state index in [2.05, 4.69) is 10.2 Å². The first-order valence-corrected chi connectivity index (χ1v) is 10.8. The first-order valence-electron chi connectivity index (χ1n) is 10.4. The minimum absolute atomic E-state index is 0.243. The average Bonchev–Trinajstić information content (AvgIpc) is 3.33. The van der Waals surface area contributed by atoms with Gasteiger partial charge in [-0.1, -0.05) is 17.7 Å². The molecule has 0 bridgehead atoms. The van der Waals surface area contributed by atoms with E-state index in [0.29, 0.717) is 33.4 Å². The number of methoxy groups -OCH3 is 3. The second-order valence-electron chi connectivity index (χ2n) is 7.42. The smallest absolute Gasteiger partial charge is 0.244 e. The van der Waals surface area contributed by atoms with Crippen LogP contribution in [0.15, 0.2) is 36.4 Å². The average molecular weight is 463 g/mol. The van der Waals surface area contributed by atoms with Crippen LogP contribution in [0.4, 0.5) is 4.39 Å². The maximum atomic E-state index is 14.6. The molecular formula is C24H28ClFN2O4. The molecule has 0 aliphatic carbocycles. The van der Waals surface area contributed by atoms with Crippen LogP contribution >= 0.6 is 11.6 Å². The Morgan fingerprint density at radius 1 is 1.12 bits per heavy atom. The molecule has 1 amide bonds. The van der Waals surface area contributed by atoms with Crippen molar-refractivity contribution < 1.29 is 23.4 Å². The van der Waals surface area contributed by atoms with Crippen LogP contribution < -0.4 is 19.5 Å². The summed E-state index contributed by atoms with van der Waals surface area (Å²) in [7, 11) is 4.62. The summed E-state index contributed by atoms with van der Waals surface area (Å²) in [6, 6.07) is 7.75. The van der Waals surface area contributed by atoms with Crippen LogP contribution in [0.25, 0.3) is 6.08 Å². The van der Waals surface area contributed by atoms with Gasteiger partial charge in [-0.3, -0.25) is 9.69 Å². The van der Waals surface area contributed by atoms with E-state index in [1.807, 2.05) is 0 Å². The first-order chi connectivity index (χ1) is 15.5. The number of likely N-dealkylation sites (tertiary alicyclic amines) is 1. The lowest BCUT2D eigenvalue weighted by molar-refractivity contribution is -0.116. The number of carbonyl (C=O) groups is 1. The number of nitrogens with zero attached hydrogens (tertiary/aromatic N) is 1. The molecule has 1 saturated heterocycles. The number of halogens is 2. The lowest BCUT2D eigenvalue weighted by atomic mass is 10.0. The molecule has 6 nitrogen and oxygen atoms in total. The van der Waals surface area contributed by atoms with Crippen molar-refractivity contribution >= 4 is 23.6 Å². The molecule has 1 aliphatic rings. The summed E-state index contributed by atoms with van der Waals surface area (Å²) in [6.07, 6.45) is 5.12. The first kappa shape index (κ1) is 23.9. The van der Waals surface area contributed by atoms with Gasteiger partial charge in [-0.15, -0.1) is 0 Å². The van der Waals surface area contributed by atoms with Gasteiger partial charge in [0.15, 0.2) is 11.5 Å². The molecular weight excluding hydrogens is 435 g/mol. The standard InChI is InChI=1S/C24H28ClFN2O4/c1-30-20-14-22(32-3)21(31-2)13-16(20)9-10-23(29)27-15-19(28-11-4-5-12-28)24-17(25)7-6-8-18(24)26/h6-10,13-14,19H,4-5,11-12,15H2,1-3H3,(H,27,29)/b10-9+. The Bertz CT molecular complexity index is 956. The third-order valence-corrected chi connectivity index (χ3v) is 5.86. The van der Waals surface area contributed by atoms with E-state index in [1.165, 1.54) is 26.4 Å². The van der Waals surface area contributed by atoms with Gasteiger partial charge >= 0.3 is 0 Å². The fraction of sp³-hybridized carbons (Fsp3) is 0.375. The summed E-state index contributed by atoms with van der Waals surface area (Å²) >= 11 is 6.32. The van der Waals surface area contributed by atoms with Crippen molar-refractivity contribution in [1.29, 1.82) is 0 Å². The monoisotopic (exact) mass is 462 g/mol. The van der Waals surface area contributed by atoms with E-state index in [1.54, 1.807) is 37.5 Å². The Balaban J connectivity index is 1.75. The largest absolute Gasteiger partial charge is 0.496 e. The van der Waals surface area contributed by atoms with Gasteiger partial charge < -0.3 is 19.5 Å². The third-order valence-electron chi connectivity index (χ3n) is 5.53. The van der Waals surface area contributed by atoms with Gasteiger partial charge in [0.25, 0.3) is 0 Å². The number of hydrogen-bond acceptors (Lipinski definition) is 5. The van der Waals surface area contributed by atoms with E-state index in [-0.39, 0.29) is 24.3 Å². The molecule has 0 saturated carbocycles. The number of hydrogen-bond donors (Lipinski definition) is 1. The predicted molar refractivity (Wildman–Crippen MR) is 123 cm³/mol. The molecule has 8 heteroatoms. The van der Waals surface area contributed by atoms with Crippen LogP contribution in [0.2, 0.25) is 5.02 Å². The highest BCUT2D eigenvalue weighted by atomic mass is 35.5. The van der Waals surface area contributed by atoms with E-state index < -0.39 is 0 Å². The summed E-state index contributed by atoms with van der Waals surface area (Å²) in [6.45, 7) is 1.92. The SMILES string of the molecule is COc1cc(OC)c(OC)cc1/C=C/C(=O)NCC(c1c(F)cccc1Cl)N1CCCC1. The number of benzene rings is 2. The van der Waals surface area contributed by atoms with Crippen molar-refractivity contribution in [3.05, 3.63) is 58.4 Å². The molecule has 0 spiro atoms. The molecule has 1 fully saturated rings. The summed E-state index contributed by atoms with van der Waals surface area (Å²) in [4.78, 5) is 14.7. The van der Waals surface area contributed by atoms with Crippen LogP contribution in [0.3, 0.4) is 0 Å². The van der Waals surface area contributed by atoms with Gasteiger partial charge in [0, 0.05) is 34.8 Å². The van der Waals surface area contributed by atoms with Gasteiger partial charge in [-0.2, -0.15) is 0 Å². The summed E-state index contributed by atoms with van der Waals surface area (Å²) < 4.78 is 30.6. The van der Waals surface area contributed by atoms with Crippen LogP contribution in [0, 0.1) is 5.82 Å². The zero-order valence-electron chi connectivity index (χ0n) is 18.5. The number of ether oxygens (including phenoxy) is 3. The van der Waals surface area contributed by atoms with Gasteiger partial charge in [-0.05, 0) is 50.2 Å². The van der Waals surface area contributed by atoms with E-state index in [9.17, 15) is 9.18 Å². The Hall–Kier alpha value is -2.77. The van der Waals surface area contributed by atoms with Crippen LogP contribution in [-0.2, 0) is 4.79 Å². The minimum atomic E-state index is -0.366. The molecule has 0 aromatic heterocycles. The van der Waals surface area contributed by atoms with Gasteiger partial charge in [-0.25, -0.2) is 4.39 Å². The van der Waals surface area contributed by atoms with Crippen LogP contribution in [-0.4, -0.2) is 51.8 Å². The highest BCUT2D eigenvalue weighted by Gasteiger charge is 2.27. The maximum absolute atomic E-state index is 14.6. The molecule has 32 heavy (non-hydrogen) atoms. The van der Waals surface area contributed by atoms with Crippen LogP contribution in [0.5, 0.6) is 17.2 Å².